The van der Waals surface area contributed by atoms with Gasteiger partial charge in [0.15, 0.2) is 0 Å². The van der Waals surface area contributed by atoms with Crippen molar-refractivity contribution in [2.24, 2.45) is 5.92 Å². The second-order valence-corrected chi connectivity index (χ2v) is 9.73. The first-order valence-corrected chi connectivity index (χ1v) is 12.6. The third kappa shape index (κ3) is 8.02. The van der Waals surface area contributed by atoms with Crippen molar-refractivity contribution < 1.29 is 25.8 Å². The van der Waals surface area contributed by atoms with Crippen LogP contribution >= 0.6 is 0 Å². The molecule has 2 rings (SSSR count). The van der Waals surface area contributed by atoms with Crippen molar-refractivity contribution in [2.75, 3.05) is 0 Å². The Morgan fingerprint density at radius 2 is 1.52 bits per heavy atom. The average Bonchev–Trinajstić information content (AvgIpc) is 2.71. The summed E-state index contributed by atoms with van der Waals surface area (Å²) >= 11 is 0. The van der Waals surface area contributed by atoms with Crippen LogP contribution < -0.4 is 4.18 Å². The van der Waals surface area contributed by atoms with Gasteiger partial charge in [-0.25, -0.2) is 0 Å². The standard InChI is InChI=1S/C24H33F3O3S/c1-3-5-6-7-8-9-10-19(4-2)11-12-20-13-14-22-18-23(16-15-21(22)17-20)30-31(28,29)24(25,26)27/h13-19H,3-12H2,1-2H3. The van der Waals surface area contributed by atoms with Crippen molar-refractivity contribution in [3.8, 4) is 5.75 Å². The third-order valence-electron chi connectivity index (χ3n) is 5.75. The molecule has 7 heteroatoms. The Morgan fingerprint density at radius 3 is 2.19 bits per heavy atom. The summed E-state index contributed by atoms with van der Waals surface area (Å²) < 4.78 is 64.1. The molecule has 0 saturated heterocycles. The number of hydrogen-bond acceptors (Lipinski definition) is 3. The molecule has 0 fully saturated rings. The predicted molar refractivity (Wildman–Crippen MR) is 120 cm³/mol. The van der Waals surface area contributed by atoms with Crippen LogP contribution in [0.1, 0.15) is 77.2 Å². The second kappa shape index (κ2) is 11.7. The summed E-state index contributed by atoms with van der Waals surface area (Å²) in [5, 5.41) is 1.48. The lowest BCUT2D eigenvalue weighted by atomic mass is 9.91. The molecule has 174 valence electrons. The molecule has 0 bridgehead atoms. The molecule has 0 saturated carbocycles. The molecule has 1 atom stereocenters. The summed E-state index contributed by atoms with van der Waals surface area (Å²) in [6.07, 6.45) is 12.3. The molecule has 0 amide bonds. The van der Waals surface area contributed by atoms with Gasteiger partial charge < -0.3 is 4.18 Å². The number of alkyl halides is 3. The first-order chi connectivity index (χ1) is 14.7. The molecule has 0 spiro atoms. The maximum atomic E-state index is 12.5. The molecular formula is C24H33F3O3S. The van der Waals surface area contributed by atoms with Gasteiger partial charge in [-0.05, 0) is 47.2 Å². The molecule has 2 aromatic carbocycles. The number of fused-ring (bicyclic) bond motifs is 1. The monoisotopic (exact) mass is 458 g/mol. The van der Waals surface area contributed by atoms with Gasteiger partial charge in [0.2, 0.25) is 0 Å². The molecule has 0 heterocycles. The molecule has 2 aromatic rings. The van der Waals surface area contributed by atoms with Gasteiger partial charge in [0, 0.05) is 0 Å². The minimum atomic E-state index is -5.66. The van der Waals surface area contributed by atoms with E-state index in [9.17, 15) is 21.6 Å². The van der Waals surface area contributed by atoms with Gasteiger partial charge in [0.25, 0.3) is 0 Å². The first-order valence-electron chi connectivity index (χ1n) is 11.2. The topological polar surface area (TPSA) is 43.4 Å². The average molecular weight is 459 g/mol. The van der Waals surface area contributed by atoms with E-state index in [0.29, 0.717) is 11.3 Å². The quantitative estimate of drug-likeness (QED) is 0.175. The second-order valence-electron chi connectivity index (χ2n) is 8.20. The van der Waals surface area contributed by atoms with Crippen molar-refractivity contribution in [1.29, 1.82) is 0 Å². The Kier molecular flexibility index (Phi) is 9.66. The zero-order valence-electron chi connectivity index (χ0n) is 18.4. The van der Waals surface area contributed by atoms with Crippen LogP contribution in [-0.2, 0) is 16.5 Å². The van der Waals surface area contributed by atoms with Crippen molar-refractivity contribution in [3.63, 3.8) is 0 Å². The van der Waals surface area contributed by atoms with Gasteiger partial charge >= 0.3 is 15.6 Å². The molecule has 0 aliphatic rings. The number of rotatable bonds is 13. The fourth-order valence-electron chi connectivity index (χ4n) is 3.79. The van der Waals surface area contributed by atoms with Crippen LogP contribution in [0.15, 0.2) is 36.4 Å². The van der Waals surface area contributed by atoms with E-state index in [4.69, 9.17) is 0 Å². The smallest absolute Gasteiger partial charge is 0.376 e. The molecule has 0 aliphatic heterocycles. The van der Waals surface area contributed by atoms with Gasteiger partial charge in [0.1, 0.15) is 5.75 Å². The van der Waals surface area contributed by atoms with E-state index in [1.54, 1.807) is 12.1 Å². The lowest BCUT2D eigenvalue weighted by Crippen LogP contribution is -2.28. The maximum Gasteiger partial charge on any atom is 0.534 e. The van der Waals surface area contributed by atoms with Crippen LogP contribution in [0.4, 0.5) is 13.2 Å². The minimum Gasteiger partial charge on any atom is -0.376 e. The van der Waals surface area contributed by atoms with E-state index < -0.39 is 15.6 Å². The third-order valence-corrected chi connectivity index (χ3v) is 6.73. The highest BCUT2D eigenvalue weighted by atomic mass is 32.2. The van der Waals surface area contributed by atoms with Crippen LogP contribution in [-0.4, -0.2) is 13.9 Å². The van der Waals surface area contributed by atoms with E-state index in [0.717, 1.165) is 24.6 Å². The number of benzene rings is 2. The lowest BCUT2D eigenvalue weighted by Gasteiger charge is -2.15. The number of hydrogen-bond donors (Lipinski definition) is 0. The van der Waals surface area contributed by atoms with E-state index in [-0.39, 0.29) is 5.75 Å². The largest absolute Gasteiger partial charge is 0.534 e. The zero-order chi connectivity index (χ0) is 22.9. The minimum absolute atomic E-state index is 0.345. The van der Waals surface area contributed by atoms with E-state index in [1.807, 2.05) is 12.1 Å². The van der Waals surface area contributed by atoms with Crippen molar-refractivity contribution in [2.45, 2.75) is 83.6 Å². The highest BCUT2D eigenvalue weighted by Gasteiger charge is 2.48. The van der Waals surface area contributed by atoms with E-state index >= 15 is 0 Å². The van der Waals surface area contributed by atoms with Crippen molar-refractivity contribution >= 4 is 20.9 Å². The Labute approximate surface area is 184 Å². The normalized spacial score (nSPS) is 13.5. The Balaban J connectivity index is 1.92. The molecule has 1 unspecified atom stereocenters. The molecule has 3 nitrogen and oxygen atoms in total. The first kappa shape index (κ1) is 25.5. The molecule has 0 aromatic heterocycles. The summed E-state index contributed by atoms with van der Waals surface area (Å²) in [4.78, 5) is 0. The number of aryl methyl sites for hydroxylation is 1. The molecular weight excluding hydrogens is 425 g/mol. The van der Waals surface area contributed by atoms with Crippen LogP contribution in [0.25, 0.3) is 10.8 Å². The highest BCUT2D eigenvalue weighted by molar-refractivity contribution is 7.88. The summed E-state index contributed by atoms with van der Waals surface area (Å²) in [5.41, 5.74) is -4.28. The summed E-state index contributed by atoms with van der Waals surface area (Å²) in [6.45, 7) is 4.46. The van der Waals surface area contributed by atoms with Gasteiger partial charge in [-0.2, -0.15) is 21.6 Å². The fraction of sp³-hybridized carbons (Fsp3) is 0.583. The van der Waals surface area contributed by atoms with Crippen LogP contribution in [0.5, 0.6) is 5.75 Å². The Morgan fingerprint density at radius 1 is 0.871 bits per heavy atom. The Bertz CT molecular complexity index is 923. The predicted octanol–water partition coefficient (Wildman–Crippen LogP) is 7.78. The number of unbranched alkanes of at least 4 members (excludes halogenated alkanes) is 5. The van der Waals surface area contributed by atoms with Crippen molar-refractivity contribution in [3.05, 3.63) is 42.0 Å². The summed E-state index contributed by atoms with van der Waals surface area (Å²) in [6, 6.07) is 9.91. The maximum absolute atomic E-state index is 12.5. The van der Waals surface area contributed by atoms with Crippen molar-refractivity contribution in [1.82, 2.24) is 0 Å². The molecule has 0 aliphatic carbocycles. The van der Waals surface area contributed by atoms with Gasteiger partial charge in [-0.1, -0.05) is 89.5 Å². The van der Waals surface area contributed by atoms with E-state index in [2.05, 4.69) is 18.0 Å². The summed E-state index contributed by atoms with van der Waals surface area (Å²) in [5.74, 6) is 0.354. The molecule has 31 heavy (non-hydrogen) atoms. The van der Waals surface area contributed by atoms with Crippen LogP contribution in [0, 0.1) is 5.92 Å². The van der Waals surface area contributed by atoms with Gasteiger partial charge in [-0.3, -0.25) is 0 Å². The van der Waals surface area contributed by atoms with Crippen LogP contribution in [0.3, 0.4) is 0 Å². The Hall–Kier alpha value is -1.76. The zero-order valence-corrected chi connectivity index (χ0v) is 19.2. The number of halogens is 3. The van der Waals surface area contributed by atoms with Gasteiger partial charge in [-0.15, -0.1) is 0 Å². The van der Waals surface area contributed by atoms with Gasteiger partial charge in [0.05, 0.1) is 0 Å². The van der Waals surface area contributed by atoms with E-state index in [1.165, 1.54) is 62.6 Å². The SMILES string of the molecule is CCCCCCCCC(CC)CCc1ccc2cc(OS(=O)(=O)C(F)(F)F)ccc2c1. The lowest BCUT2D eigenvalue weighted by molar-refractivity contribution is -0.0500. The molecule has 0 N–H and O–H groups in total. The summed E-state index contributed by atoms with van der Waals surface area (Å²) in [7, 11) is -5.66. The fourth-order valence-corrected chi connectivity index (χ4v) is 4.24. The molecule has 0 radical (unpaired) electrons. The van der Waals surface area contributed by atoms with Crippen LogP contribution in [0.2, 0.25) is 0 Å². The highest BCUT2D eigenvalue weighted by Crippen LogP contribution is 2.29.